The zero-order valence-electron chi connectivity index (χ0n) is 11.3. The Hall–Kier alpha value is -0.120. The summed E-state index contributed by atoms with van der Waals surface area (Å²) in [6.45, 7) is 3.98. The summed E-state index contributed by atoms with van der Waals surface area (Å²) in [4.78, 5) is 0. The van der Waals surface area contributed by atoms with Crippen LogP contribution in [0.15, 0.2) is 0 Å². The van der Waals surface area contributed by atoms with E-state index in [0.717, 1.165) is 37.8 Å². The average Bonchev–Trinajstić information content (AvgIpc) is 2.29. The lowest BCUT2D eigenvalue weighted by molar-refractivity contribution is -0.217. The van der Waals surface area contributed by atoms with Crippen molar-refractivity contribution in [3.8, 4) is 0 Å². The average molecular weight is 251 g/mol. The Bertz CT molecular complexity index is 331. The topological polar surface area (TPSA) is 41.5 Å². The summed E-state index contributed by atoms with van der Waals surface area (Å²) < 4.78 is 6.06. The Balaban J connectivity index is 1.63. The molecule has 1 aliphatic heterocycles. The van der Waals surface area contributed by atoms with Gasteiger partial charge in [0.05, 0.1) is 18.3 Å². The second-order valence-corrected chi connectivity index (χ2v) is 7.32. The molecule has 1 saturated heterocycles. The normalized spacial score (nSPS) is 59.0. The minimum atomic E-state index is -0.410. The van der Waals surface area contributed by atoms with Gasteiger partial charge >= 0.3 is 0 Å². The molecule has 3 nitrogen and oxygen atoms in total. The van der Waals surface area contributed by atoms with Crippen molar-refractivity contribution in [1.82, 2.24) is 5.32 Å². The van der Waals surface area contributed by atoms with Crippen molar-refractivity contribution >= 4 is 0 Å². The maximum absolute atomic E-state index is 11.1. The lowest BCUT2D eigenvalue weighted by Gasteiger charge is -2.61. The van der Waals surface area contributed by atoms with Gasteiger partial charge in [0.15, 0.2) is 0 Å². The molecule has 0 aromatic heterocycles. The van der Waals surface area contributed by atoms with E-state index in [9.17, 15) is 5.11 Å². The largest absolute Gasteiger partial charge is 0.389 e. The summed E-state index contributed by atoms with van der Waals surface area (Å²) >= 11 is 0. The van der Waals surface area contributed by atoms with Crippen molar-refractivity contribution < 1.29 is 9.84 Å². The predicted octanol–water partition coefficient (Wildman–Crippen LogP) is 1.55. The van der Waals surface area contributed by atoms with Gasteiger partial charge in [0, 0.05) is 18.5 Å². The van der Waals surface area contributed by atoms with Crippen molar-refractivity contribution in [3.63, 3.8) is 0 Å². The highest BCUT2D eigenvalue weighted by Crippen LogP contribution is 2.59. The van der Waals surface area contributed by atoms with E-state index in [1.165, 1.54) is 19.3 Å². The van der Waals surface area contributed by atoms with Crippen LogP contribution in [0.4, 0.5) is 0 Å². The van der Waals surface area contributed by atoms with Crippen LogP contribution in [0, 0.1) is 23.7 Å². The number of aliphatic hydroxyl groups is 1. The molecule has 0 aromatic carbocycles. The molecule has 0 spiro atoms. The molecule has 2 N–H and O–H groups in total. The SMILES string of the molecule is CC1NCCOC1C1C2CC3CC(C2)CC1(O)C3. The predicted molar refractivity (Wildman–Crippen MR) is 69.2 cm³/mol. The number of morpholine rings is 1. The van der Waals surface area contributed by atoms with Gasteiger partial charge < -0.3 is 15.2 Å². The first-order chi connectivity index (χ1) is 8.66. The summed E-state index contributed by atoms with van der Waals surface area (Å²) in [5.74, 6) is 2.70. The van der Waals surface area contributed by atoms with E-state index < -0.39 is 5.60 Å². The third-order valence-electron chi connectivity index (χ3n) is 6.08. The van der Waals surface area contributed by atoms with Gasteiger partial charge in [-0.2, -0.15) is 0 Å². The van der Waals surface area contributed by atoms with Gasteiger partial charge in [0.2, 0.25) is 0 Å². The summed E-state index contributed by atoms with van der Waals surface area (Å²) in [5, 5.41) is 14.6. The second-order valence-electron chi connectivity index (χ2n) is 7.32. The molecule has 0 amide bonds. The molecule has 18 heavy (non-hydrogen) atoms. The van der Waals surface area contributed by atoms with Crippen molar-refractivity contribution in [2.24, 2.45) is 23.7 Å². The second kappa shape index (κ2) is 3.94. The summed E-state index contributed by atoms with van der Waals surface area (Å²) in [6, 6.07) is 0.394. The Labute approximate surface area is 109 Å². The standard InChI is InChI=1S/C15H25NO2/c1-9-14(18-3-2-16-9)13-12-5-10-4-11(6-12)8-15(13,17)7-10/h9-14,16-17H,2-8H2,1H3. The number of rotatable bonds is 1. The first-order valence-electron chi connectivity index (χ1n) is 7.73. The van der Waals surface area contributed by atoms with Crippen LogP contribution >= 0.6 is 0 Å². The highest BCUT2D eigenvalue weighted by molar-refractivity contribution is 5.10. The Morgan fingerprint density at radius 3 is 2.50 bits per heavy atom. The van der Waals surface area contributed by atoms with Gasteiger partial charge in [-0.25, -0.2) is 0 Å². The van der Waals surface area contributed by atoms with E-state index in [0.29, 0.717) is 17.9 Å². The quantitative estimate of drug-likeness (QED) is 0.743. The van der Waals surface area contributed by atoms with Gasteiger partial charge in [-0.05, 0) is 56.8 Å². The molecule has 5 unspecified atom stereocenters. The fraction of sp³-hybridized carbons (Fsp3) is 1.00. The van der Waals surface area contributed by atoms with Gasteiger partial charge in [-0.15, -0.1) is 0 Å². The Morgan fingerprint density at radius 2 is 1.89 bits per heavy atom. The van der Waals surface area contributed by atoms with Crippen molar-refractivity contribution in [2.75, 3.05) is 13.2 Å². The van der Waals surface area contributed by atoms with Crippen LogP contribution in [0.2, 0.25) is 0 Å². The van der Waals surface area contributed by atoms with Crippen molar-refractivity contribution in [1.29, 1.82) is 0 Å². The van der Waals surface area contributed by atoms with E-state index in [1.807, 2.05) is 0 Å². The molecular formula is C15H25NO2. The minimum absolute atomic E-state index is 0.230. The monoisotopic (exact) mass is 251 g/mol. The van der Waals surface area contributed by atoms with Gasteiger partial charge in [0.25, 0.3) is 0 Å². The number of hydrogen-bond donors (Lipinski definition) is 2. The minimum Gasteiger partial charge on any atom is -0.389 e. The summed E-state index contributed by atoms with van der Waals surface area (Å²) in [6.07, 6.45) is 6.37. The van der Waals surface area contributed by atoms with Crippen molar-refractivity contribution in [3.05, 3.63) is 0 Å². The Kier molecular flexibility index (Phi) is 2.56. The first kappa shape index (κ1) is 11.7. The van der Waals surface area contributed by atoms with E-state index in [-0.39, 0.29) is 6.10 Å². The molecule has 5 aliphatic rings. The van der Waals surface area contributed by atoms with E-state index in [1.54, 1.807) is 0 Å². The smallest absolute Gasteiger partial charge is 0.0784 e. The fourth-order valence-electron chi connectivity index (χ4n) is 5.77. The molecular weight excluding hydrogens is 226 g/mol. The van der Waals surface area contributed by atoms with Crippen LogP contribution in [-0.4, -0.2) is 36.0 Å². The molecule has 1 heterocycles. The van der Waals surface area contributed by atoms with Crippen LogP contribution in [-0.2, 0) is 4.74 Å². The lowest BCUT2D eigenvalue weighted by atomic mass is 9.48. The highest BCUT2D eigenvalue weighted by Gasteiger charge is 2.59. The molecule has 4 bridgehead atoms. The summed E-state index contributed by atoms with van der Waals surface area (Å²) in [7, 11) is 0. The lowest BCUT2D eigenvalue weighted by Crippen LogP contribution is -2.65. The number of hydrogen-bond acceptors (Lipinski definition) is 3. The fourth-order valence-corrected chi connectivity index (χ4v) is 5.77. The molecule has 4 saturated carbocycles. The molecule has 3 heteroatoms. The zero-order valence-corrected chi connectivity index (χ0v) is 11.3. The van der Waals surface area contributed by atoms with Gasteiger partial charge in [0.1, 0.15) is 0 Å². The van der Waals surface area contributed by atoms with Crippen molar-refractivity contribution in [2.45, 2.75) is 56.8 Å². The molecule has 102 valence electrons. The van der Waals surface area contributed by atoms with E-state index >= 15 is 0 Å². The molecule has 0 radical (unpaired) electrons. The zero-order chi connectivity index (χ0) is 12.3. The number of ether oxygens (including phenoxy) is 1. The first-order valence-corrected chi connectivity index (χ1v) is 7.73. The summed E-state index contributed by atoms with van der Waals surface area (Å²) in [5.41, 5.74) is -0.410. The number of nitrogens with one attached hydrogen (secondary N) is 1. The molecule has 5 rings (SSSR count). The van der Waals surface area contributed by atoms with Crippen LogP contribution < -0.4 is 5.32 Å². The van der Waals surface area contributed by atoms with Crippen LogP contribution in [0.5, 0.6) is 0 Å². The van der Waals surface area contributed by atoms with Crippen LogP contribution in [0.3, 0.4) is 0 Å². The molecule has 5 atom stereocenters. The third kappa shape index (κ3) is 1.60. The molecule has 4 aliphatic carbocycles. The van der Waals surface area contributed by atoms with Crippen LogP contribution in [0.1, 0.15) is 39.0 Å². The van der Waals surface area contributed by atoms with Crippen LogP contribution in [0.25, 0.3) is 0 Å². The van der Waals surface area contributed by atoms with E-state index in [4.69, 9.17) is 4.74 Å². The van der Waals surface area contributed by atoms with Gasteiger partial charge in [-0.1, -0.05) is 0 Å². The maximum Gasteiger partial charge on any atom is 0.0784 e. The Morgan fingerprint density at radius 1 is 1.17 bits per heavy atom. The highest BCUT2D eigenvalue weighted by atomic mass is 16.5. The maximum atomic E-state index is 11.1. The van der Waals surface area contributed by atoms with E-state index in [2.05, 4.69) is 12.2 Å². The molecule has 5 fully saturated rings. The van der Waals surface area contributed by atoms with Gasteiger partial charge in [-0.3, -0.25) is 0 Å². The third-order valence-corrected chi connectivity index (χ3v) is 6.08. The molecule has 0 aromatic rings.